The first-order valence-corrected chi connectivity index (χ1v) is 10.2. The second kappa shape index (κ2) is 8.41. The summed E-state index contributed by atoms with van der Waals surface area (Å²) in [5, 5.41) is 0.260. The molecule has 0 fully saturated rings. The van der Waals surface area contributed by atoms with Crippen LogP contribution in [0, 0.1) is 5.82 Å². The van der Waals surface area contributed by atoms with Crippen molar-refractivity contribution in [2.24, 2.45) is 4.99 Å². The molecule has 0 spiro atoms. The maximum atomic E-state index is 14.3. The maximum Gasteiger partial charge on any atom is 0.325 e. The smallest absolute Gasteiger partial charge is 0.325 e. The number of fused-ring (bicyclic) bond motifs is 1. The fourth-order valence-electron chi connectivity index (χ4n) is 2.58. The maximum absolute atomic E-state index is 14.3. The minimum Gasteiger partial charge on any atom is -0.469 e. The van der Waals surface area contributed by atoms with Crippen molar-refractivity contribution in [3.63, 3.8) is 0 Å². The van der Waals surface area contributed by atoms with Gasteiger partial charge < -0.3 is 4.74 Å². The molecule has 0 saturated carbocycles. The number of thioether (sulfide) groups is 1. The summed E-state index contributed by atoms with van der Waals surface area (Å²) < 4.78 is 22.4. The fraction of sp³-hybridized carbons (Fsp3) is 0.438. The standard InChI is InChI=1S/C16H17ClFN3O3S2/c1-24-14(22)4-7-25-13-9-12(11(18)8-10(13)17)19-15-20-5-2-3-6-21(20)16(23)26-15/h8-9H,2-7H2,1H3. The molecule has 0 N–H and O–H groups in total. The minimum atomic E-state index is -0.552. The normalized spacial score (nSPS) is 14.3. The third-order valence-corrected chi connectivity index (χ3v) is 6.25. The van der Waals surface area contributed by atoms with Crippen LogP contribution in [0.25, 0.3) is 0 Å². The van der Waals surface area contributed by atoms with Crippen molar-refractivity contribution in [3.05, 3.63) is 37.4 Å². The van der Waals surface area contributed by atoms with Crippen LogP contribution in [-0.2, 0) is 22.6 Å². The molecule has 0 radical (unpaired) electrons. The summed E-state index contributed by atoms with van der Waals surface area (Å²) in [6.07, 6.45) is 2.14. The average Bonchev–Trinajstić information content (AvgIpc) is 2.94. The van der Waals surface area contributed by atoms with Gasteiger partial charge in [0.1, 0.15) is 11.5 Å². The summed E-state index contributed by atoms with van der Waals surface area (Å²) >= 11 is 8.43. The highest BCUT2D eigenvalue weighted by Crippen LogP contribution is 2.33. The predicted molar refractivity (Wildman–Crippen MR) is 99.8 cm³/mol. The molecule has 0 amide bonds. The van der Waals surface area contributed by atoms with Crippen LogP contribution < -0.4 is 9.67 Å². The van der Waals surface area contributed by atoms with Crippen LogP contribution in [-0.4, -0.2) is 28.2 Å². The molecule has 2 aromatic rings. The summed E-state index contributed by atoms with van der Waals surface area (Å²) in [5.74, 6) is -0.410. The predicted octanol–water partition coefficient (Wildman–Crippen LogP) is 3.19. The molecule has 140 valence electrons. The molecule has 0 bridgehead atoms. The zero-order valence-electron chi connectivity index (χ0n) is 14.0. The van der Waals surface area contributed by atoms with Crippen molar-refractivity contribution in [1.82, 2.24) is 9.36 Å². The molecule has 0 saturated heterocycles. The van der Waals surface area contributed by atoms with Gasteiger partial charge in [0.25, 0.3) is 0 Å². The number of ether oxygens (including phenoxy) is 1. The average molecular weight is 418 g/mol. The Hall–Kier alpha value is -1.58. The molecular formula is C16H17ClFN3O3S2. The van der Waals surface area contributed by atoms with Crippen LogP contribution in [0.15, 0.2) is 26.8 Å². The highest BCUT2D eigenvalue weighted by molar-refractivity contribution is 7.99. The quantitative estimate of drug-likeness (QED) is 0.553. The number of esters is 1. The lowest BCUT2D eigenvalue weighted by molar-refractivity contribution is -0.140. The van der Waals surface area contributed by atoms with Crippen molar-refractivity contribution < 1.29 is 13.9 Å². The number of carbonyl (C=O) groups excluding carboxylic acids is 1. The van der Waals surface area contributed by atoms with Gasteiger partial charge in [0.15, 0.2) is 0 Å². The number of nitrogens with zero attached hydrogens (tertiary/aromatic N) is 3. The number of hydrogen-bond donors (Lipinski definition) is 0. The molecule has 1 aliphatic heterocycles. The molecule has 1 aromatic heterocycles. The van der Waals surface area contributed by atoms with Crippen molar-refractivity contribution in [1.29, 1.82) is 0 Å². The largest absolute Gasteiger partial charge is 0.469 e. The topological polar surface area (TPSA) is 65.6 Å². The lowest BCUT2D eigenvalue weighted by Gasteiger charge is -2.15. The van der Waals surface area contributed by atoms with E-state index in [9.17, 15) is 14.0 Å². The first-order chi connectivity index (χ1) is 12.5. The lowest BCUT2D eigenvalue weighted by atomic mass is 10.3. The summed E-state index contributed by atoms with van der Waals surface area (Å²) in [5.41, 5.74) is 0.123. The lowest BCUT2D eigenvalue weighted by Crippen LogP contribution is -2.31. The van der Waals surface area contributed by atoms with Crippen LogP contribution >= 0.6 is 34.7 Å². The van der Waals surface area contributed by atoms with Crippen LogP contribution in [0.3, 0.4) is 0 Å². The third kappa shape index (κ3) is 4.21. The first-order valence-electron chi connectivity index (χ1n) is 8.03. The number of rotatable bonds is 5. The number of methoxy groups -OCH3 is 1. The zero-order valence-corrected chi connectivity index (χ0v) is 16.4. The van der Waals surface area contributed by atoms with E-state index in [-0.39, 0.29) is 28.0 Å². The molecule has 3 rings (SSSR count). The van der Waals surface area contributed by atoms with Gasteiger partial charge in [-0.15, -0.1) is 11.8 Å². The second-order valence-corrected chi connectivity index (χ2v) is 8.09. The summed E-state index contributed by atoms with van der Waals surface area (Å²) in [6.45, 7) is 1.34. The number of carbonyl (C=O) groups is 1. The molecule has 1 aromatic carbocycles. The monoisotopic (exact) mass is 417 g/mol. The Morgan fingerprint density at radius 1 is 1.38 bits per heavy atom. The Balaban J connectivity index is 1.92. The summed E-state index contributed by atoms with van der Waals surface area (Å²) in [6, 6.07) is 2.75. The van der Waals surface area contributed by atoms with Crippen molar-refractivity contribution >= 4 is 46.4 Å². The third-order valence-electron chi connectivity index (χ3n) is 3.90. The Morgan fingerprint density at radius 3 is 2.85 bits per heavy atom. The van der Waals surface area contributed by atoms with Crippen LogP contribution in [0.1, 0.15) is 19.3 Å². The molecule has 1 aliphatic rings. The second-order valence-electron chi connectivity index (χ2n) is 5.62. The summed E-state index contributed by atoms with van der Waals surface area (Å²) in [4.78, 5) is 28.6. The molecule has 0 unspecified atom stereocenters. The van der Waals surface area contributed by atoms with Gasteiger partial charge in [0, 0.05) is 23.7 Å². The minimum absolute atomic E-state index is 0.0921. The molecule has 10 heteroatoms. The van der Waals surface area contributed by atoms with Gasteiger partial charge >= 0.3 is 10.8 Å². The van der Waals surface area contributed by atoms with Gasteiger partial charge in [0.2, 0.25) is 4.80 Å². The van der Waals surface area contributed by atoms with Crippen molar-refractivity contribution in [2.75, 3.05) is 12.9 Å². The Morgan fingerprint density at radius 2 is 2.12 bits per heavy atom. The van der Waals surface area contributed by atoms with E-state index in [4.69, 9.17) is 11.6 Å². The molecule has 6 nitrogen and oxygen atoms in total. The highest BCUT2D eigenvalue weighted by Gasteiger charge is 2.15. The first kappa shape index (κ1) is 19.2. The van der Waals surface area contributed by atoms with E-state index < -0.39 is 5.82 Å². The van der Waals surface area contributed by atoms with Gasteiger partial charge in [-0.1, -0.05) is 11.6 Å². The van der Waals surface area contributed by atoms with Crippen LogP contribution in [0.5, 0.6) is 0 Å². The van der Waals surface area contributed by atoms with E-state index in [0.717, 1.165) is 24.2 Å². The molecular weight excluding hydrogens is 401 g/mol. The van der Waals surface area contributed by atoms with E-state index in [1.165, 1.54) is 24.9 Å². The Bertz CT molecular complexity index is 951. The number of benzene rings is 1. The SMILES string of the molecule is COC(=O)CCSc1cc(N=c2sc(=O)n3n2CCCC3)c(F)cc1Cl. The number of aromatic nitrogens is 2. The molecule has 0 atom stereocenters. The van der Waals surface area contributed by atoms with Gasteiger partial charge in [-0.05, 0) is 36.3 Å². The Labute approximate surface area is 162 Å². The molecule has 26 heavy (non-hydrogen) atoms. The van der Waals surface area contributed by atoms with E-state index in [2.05, 4.69) is 9.73 Å². The van der Waals surface area contributed by atoms with E-state index in [1.54, 1.807) is 15.4 Å². The van der Waals surface area contributed by atoms with E-state index in [0.29, 0.717) is 28.5 Å². The number of halogens is 2. The van der Waals surface area contributed by atoms with Crippen molar-refractivity contribution in [3.8, 4) is 0 Å². The van der Waals surface area contributed by atoms with Crippen LogP contribution in [0.2, 0.25) is 5.02 Å². The van der Waals surface area contributed by atoms with Gasteiger partial charge in [-0.2, -0.15) is 0 Å². The van der Waals surface area contributed by atoms with E-state index in [1.807, 2.05) is 0 Å². The Kier molecular flexibility index (Phi) is 6.20. The highest BCUT2D eigenvalue weighted by atomic mass is 35.5. The van der Waals surface area contributed by atoms with Crippen LogP contribution in [0.4, 0.5) is 10.1 Å². The zero-order chi connectivity index (χ0) is 18.7. The van der Waals surface area contributed by atoms with Crippen molar-refractivity contribution in [2.45, 2.75) is 37.2 Å². The fourth-order valence-corrected chi connectivity index (χ4v) is 4.67. The number of hydrogen-bond acceptors (Lipinski definition) is 6. The van der Waals surface area contributed by atoms with Gasteiger partial charge in [-0.25, -0.2) is 14.1 Å². The van der Waals surface area contributed by atoms with Gasteiger partial charge in [0.05, 0.1) is 18.6 Å². The molecule has 0 aliphatic carbocycles. The van der Waals surface area contributed by atoms with E-state index >= 15 is 0 Å². The van der Waals surface area contributed by atoms with Gasteiger partial charge in [-0.3, -0.25) is 14.3 Å². The molecule has 2 heterocycles. The summed E-state index contributed by atoms with van der Waals surface area (Å²) in [7, 11) is 1.33.